The van der Waals surface area contributed by atoms with Gasteiger partial charge in [0, 0.05) is 60.0 Å². The Morgan fingerprint density at radius 2 is 2.00 bits per heavy atom. The van der Waals surface area contributed by atoms with E-state index in [0.717, 1.165) is 52.0 Å². The zero-order valence-electron chi connectivity index (χ0n) is 16.2. The van der Waals surface area contributed by atoms with Gasteiger partial charge in [-0.25, -0.2) is 9.97 Å². The molecule has 0 amide bonds. The van der Waals surface area contributed by atoms with Gasteiger partial charge in [0.2, 0.25) is 5.56 Å². The summed E-state index contributed by atoms with van der Waals surface area (Å²) in [5.74, 6) is 1.44. The van der Waals surface area contributed by atoms with Crippen LogP contribution in [0.15, 0.2) is 54.0 Å². The van der Waals surface area contributed by atoms with E-state index in [4.69, 9.17) is 4.98 Å². The lowest BCUT2D eigenvalue weighted by Crippen LogP contribution is -2.14. The van der Waals surface area contributed by atoms with Gasteiger partial charge >= 0.3 is 0 Å². The number of aromatic nitrogens is 8. The van der Waals surface area contributed by atoms with Gasteiger partial charge in [0.25, 0.3) is 0 Å². The van der Waals surface area contributed by atoms with Gasteiger partial charge in [0.05, 0.1) is 11.6 Å². The maximum absolute atomic E-state index is 11.4. The molecule has 0 bridgehead atoms. The van der Waals surface area contributed by atoms with Gasteiger partial charge in [0.15, 0.2) is 5.82 Å². The van der Waals surface area contributed by atoms with Crippen molar-refractivity contribution in [2.75, 3.05) is 0 Å². The molecule has 9 heteroatoms. The molecule has 0 atom stereocenters. The number of fused-ring (bicyclic) bond motifs is 1. The Kier molecular flexibility index (Phi) is 3.38. The molecule has 0 radical (unpaired) electrons. The van der Waals surface area contributed by atoms with Crippen LogP contribution < -0.4 is 5.56 Å². The minimum absolute atomic E-state index is 0.108. The molecule has 9 nitrogen and oxygen atoms in total. The van der Waals surface area contributed by atoms with Crippen molar-refractivity contribution in [1.29, 1.82) is 0 Å². The molecule has 148 valence electrons. The first-order valence-electron chi connectivity index (χ1n) is 9.71. The third-order valence-corrected chi connectivity index (χ3v) is 5.84. The molecular weight excluding hydrogens is 380 g/mol. The summed E-state index contributed by atoms with van der Waals surface area (Å²) in [5.41, 5.74) is 4.39. The Bertz CT molecular complexity index is 1430. The molecule has 0 unspecified atom stereocenters. The highest BCUT2D eigenvalue weighted by Crippen LogP contribution is 2.52. The van der Waals surface area contributed by atoms with Gasteiger partial charge in [-0.3, -0.25) is 14.6 Å². The summed E-state index contributed by atoms with van der Waals surface area (Å²) in [5, 5.41) is 12.8. The van der Waals surface area contributed by atoms with Crippen molar-refractivity contribution in [3.8, 4) is 22.5 Å². The van der Waals surface area contributed by atoms with Crippen LogP contribution in [-0.2, 0) is 12.5 Å². The lowest BCUT2D eigenvalue weighted by molar-refractivity contribution is 0.755. The van der Waals surface area contributed by atoms with Crippen molar-refractivity contribution in [2.24, 2.45) is 7.05 Å². The number of aromatic amines is 3. The fourth-order valence-corrected chi connectivity index (χ4v) is 4.01. The molecule has 0 aliphatic heterocycles. The lowest BCUT2D eigenvalue weighted by atomic mass is 9.97. The number of rotatable bonds is 4. The van der Waals surface area contributed by atoms with E-state index in [1.165, 1.54) is 0 Å². The van der Waals surface area contributed by atoms with Crippen LogP contribution in [0.25, 0.3) is 33.5 Å². The molecule has 1 aliphatic rings. The molecule has 6 rings (SSSR count). The minimum Gasteiger partial charge on any atom is -0.345 e. The summed E-state index contributed by atoms with van der Waals surface area (Å²) in [7, 11) is 1.89. The molecule has 0 spiro atoms. The Morgan fingerprint density at radius 1 is 1.10 bits per heavy atom. The number of aryl methyl sites for hydroxylation is 1. The average Bonchev–Trinajstić information content (AvgIpc) is 3.10. The predicted molar refractivity (Wildman–Crippen MR) is 111 cm³/mol. The average molecular weight is 398 g/mol. The highest BCUT2D eigenvalue weighted by molar-refractivity contribution is 5.94. The minimum atomic E-state index is -0.208. The van der Waals surface area contributed by atoms with Crippen LogP contribution in [0.4, 0.5) is 0 Å². The van der Waals surface area contributed by atoms with Crippen molar-refractivity contribution < 1.29 is 0 Å². The van der Waals surface area contributed by atoms with Crippen molar-refractivity contribution in [1.82, 2.24) is 39.9 Å². The summed E-state index contributed by atoms with van der Waals surface area (Å²) in [6, 6.07) is 5.50. The van der Waals surface area contributed by atoms with E-state index in [1.807, 2.05) is 37.9 Å². The molecule has 0 aromatic carbocycles. The van der Waals surface area contributed by atoms with Crippen LogP contribution >= 0.6 is 0 Å². The third-order valence-electron chi connectivity index (χ3n) is 5.84. The molecule has 30 heavy (non-hydrogen) atoms. The van der Waals surface area contributed by atoms with Crippen molar-refractivity contribution >= 4 is 11.0 Å². The standard InChI is InChI=1S/C21H18N8O/c1-29-11-13(8-25-29)12-6-15-16(10-24-18(15)23-7-12)19-26-20(28-27-19)21(4-5-21)14-2-3-17(30)22-9-14/h2-3,6-11H,4-5H2,1H3,(H,22,30)(H,23,24)(H,26,27,28). The Labute approximate surface area is 170 Å². The van der Waals surface area contributed by atoms with Crippen molar-refractivity contribution in [3.63, 3.8) is 0 Å². The number of hydrogen-bond acceptors (Lipinski definition) is 5. The van der Waals surface area contributed by atoms with Crippen LogP contribution in [0.5, 0.6) is 0 Å². The number of nitrogens with one attached hydrogen (secondary N) is 3. The van der Waals surface area contributed by atoms with Gasteiger partial charge in [-0.1, -0.05) is 6.07 Å². The SMILES string of the molecule is Cn1cc(-c2cnc3[nH]cc(-c4n[nH]c(C5(c6ccc(=O)[nH]c6)CC5)n4)c3c2)cn1. The molecule has 1 aliphatic carbocycles. The second-order valence-electron chi connectivity index (χ2n) is 7.76. The molecular formula is C21H18N8O. The second kappa shape index (κ2) is 5.99. The zero-order valence-corrected chi connectivity index (χ0v) is 16.2. The first kappa shape index (κ1) is 16.9. The summed E-state index contributed by atoms with van der Waals surface area (Å²) >= 11 is 0. The first-order valence-corrected chi connectivity index (χ1v) is 9.71. The molecule has 3 N–H and O–H groups in total. The summed E-state index contributed by atoms with van der Waals surface area (Å²) < 4.78 is 1.77. The quantitative estimate of drug-likeness (QED) is 0.429. The number of H-pyrrole nitrogens is 3. The van der Waals surface area contributed by atoms with E-state index in [-0.39, 0.29) is 11.0 Å². The number of hydrogen-bond donors (Lipinski definition) is 3. The molecule has 0 saturated heterocycles. The Morgan fingerprint density at radius 3 is 2.73 bits per heavy atom. The highest BCUT2D eigenvalue weighted by atomic mass is 16.1. The summed E-state index contributed by atoms with van der Waals surface area (Å²) in [6.45, 7) is 0. The van der Waals surface area contributed by atoms with Gasteiger partial charge in [-0.2, -0.15) is 10.2 Å². The predicted octanol–water partition coefficient (Wildman–Crippen LogP) is 2.52. The molecule has 1 saturated carbocycles. The second-order valence-corrected chi connectivity index (χ2v) is 7.76. The molecule has 1 fully saturated rings. The molecule has 5 heterocycles. The monoisotopic (exact) mass is 398 g/mol. The largest absolute Gasteiger partial charge is 0.345 e. The zero-order chi connectivity index (χ0) is 20.3. The van der Waals surface area contributed by atoms with Gasteiger partial charge in [-0.05, 0) is 24.5 Å². The maximum atomic E-state index is 11.4. The van der Waals surface area contributed by atoms with Gasteiger partial charge in [-0.15, -0.1) is 0 Å². The summed E-state index contributed by atoms with van der Waals surface area (Å²) in [4.78, 5) is 26.7. The van der Waals surface area contributed by atoms with Crippen LogP contribution in [0, 0.1) is 0 Å². The highest BCUT2D eigenvalue weighted by Gasteiger charge is 2.49. The number of nitrogens with zero attached hydrogens (tertiary/aromatic N) is 5. The van der Waals surface area contributed by atoms with Crippen LogP contribution in [-0.4, -0.2) is 39.9 Å². The van der Waals surface area contributed by atoms with Gasteiger partial charge < -0.3 is 9.97 Å². The van der Waals surface area contributed by atoms with Crippen LogP contribution in [0.2, 0.25) is 0 Å². The van der Waals surface area contributed by atoms with Crippen molar-refractivity contribution in [2.45, 2.75) is 18.3 Å². The van der Waals surface area contributed by atoms with Gasteiger partial charge in [0.1, 0.15) is 11.5 Å². The van der Waals surface area contributed by atoms with E-state index in [0.29, 0.717) is 5.82 Å². The fraction of sp³-hybridized carbons (Fsp3) is 0.190. The fourth-order valence-electron chi connectivity index (χ4n) is 4.01. The van der Waals surface area contributed by atoms with Crippen LogP contribution in [0.1, 0.15) is 24.2 Å². The topological polar surface area (TPSA) is 121 Å². The van der Waals surface area contributed by atoms with E-state index in [1.54, 1.807) is 16.9 Å². The smallest absolute Gasteiger partial charge is 0.247 e. The molecule has 5 aromatic rings. The molecule has 5 aromatic heterocycles. The Balaban J connectivity index is 1.41. The third kappa shape index (κ3) is 2.52. The Hall–Kier alpha value is -4.01. The maximum Gasteiger partial charge on any atom is 0.247 e. The van der Waals surface area contributed by atoms with Crippen molar-refractivity contribution in [3.05, 3.63) is 70.9 Å². The van der Waals surface area contributed by atoms with E-state index < -0.39 is 0 Å². The van der Waals surface area contributed by atoms with E-state index in [2.05, 4.69) is 36.3 Å². The summed E-state index contributed by atoms with van der Waals surface area (Å²) in [6.07, 6.45) is 11.2. The number of pyridine rings is 2. The van der Waals surface area contributed by atoms with E-state index in [9.17, 15) is 4.79 Å². The lowest BCUT2D eigenvalue weighted by Gasteiger charge is -2.11. The normalized spacial score (nSPS) is 15.0. The van der Waals surface area contributed by atoms with Crippen LogP contribution in [0.3, 0.4) is 0 Å². The van der Waals surface area contributed by atoms with E-state index >= 15 is 0 Å². The first-order chi connectivity index (χ1) is 14.6.